The molecule has 0 fully saturated rings. The largest absolute Gasteiger partial charge is 0.481 e. The Labute approximate surface area is 116 Å². The van der Waals surface area contributed by atoms with E-state index in [9.17, 15) is 18.4 Å². The van der Waals surface area contributed by atoms with Crippen LogP contribution < -0.4 is 0 Å². The Balaban J connectivity index is 2.42. The van der Waals surface area contributed by atoms with E-state index >= 15 is 0 Å². The highest BCUT2D eigenvalue weighted by Crippen LogP contribution is 2.13. The minimum atomic E-state index is -0.926. The molecular weight excluding hydrogens is 268 g/mol. The van der Waals surface area contributed by atoms with Gasteiger partial charge in [0.1, 0.15) is 0 Å². The van der Waals surface area contributed by atoms with Gasteiger partial charge in [-0.2, -0.15) is 0 Å². The normalized spacial score (nSPS) is 10.3. The molecule has 6 heteroatoms. The van der Waals surface area contributed by atoms with Gasteiger partial charge in [-0.25, -0.2) is 8.78 Å². The standard InChI is InChI=1S/C14H17F2NO3/c1-17(9-3-6-13(19)20)12(18)8-7-10-4-2-5-11(15)14(10)16/h2,4-5H,3,6-9H2,1H3,(H,19,20). The van der Waals surface area contributed by atoms with Crippen molar-refractivity contribution in [2.45, 2.75) is 25.7 Å². The Hall–Kier alpha value is -1.98. The predicted octanol–water partition coefficient (Wildman–Crippen LogP) is 2.22. The maximum atomic E-state index is 13.4. The second kappa shape index (κ2) is 7.57. The molecule has 0 spiro atoms. The van der Waals surface area contributed by atoms with Gasteiger partial charge in [-0.05, 0) is 24.5 Å². The molecule has 0 aliphatic carbocycles. The second-order valence-corrected chi connectivity index (χ2v) is 4.53. The number of aryl methyl sites for hydroxylation is 1. The van der Waals surface area contributed by atoms with Crippen molar-refractivity contribution in [3.63, 3.8) is 0 Å². The van der Waals surface area contributed by atoms with Gasteiger partial charge >= 0.3 is 5.97 Å². The minimum Gasteiger partial charge on any atom is -0.481 e. The number of carboxylic acid groups (broad SMARTS) is 1. The summed E-state index contributed by atoms with van der Waals surface area (Å²) in [4.78, 5) is 23.5. The molecule has 4 nitrogen and oxygen atoms in total. The molecule has 0 aromatic heterocycles. The van der Waals surface area contributed by atoms with E-state index < -0.39 is 17.6 Å². The van der Waals surface area contributed by atoms with Crippen LogP contribution in [0.25, 0.3) is 0 Å². The van der Waals surface area contributed by atoms with Crippen LogP contribution in [0.1, 0.15) is 24.8 Å². The molecule has 0 aliphatic heterocycles. The minimum absolute atomic E-state index is 0.00382. The Kier molecular flexibility index (Phi) is 6.09. The van der Waals surface area contributed by atoms with Gasteiger partial charge < -0.3 is 10.0 Å². The van der Waals surface area contributed by atoms with Crippen LogP contribution >= 0.6 is 0 Å². The first-order chi connectivity index (χ1) is 9.41. The van der Waals surface area contributed by atoms with Gasteiger partial charge in [0.15, 0.2) is 11.6 Å². The van der Waals surface area contributed by atoms with Crippen LogP contribution in [-0.2, 0) is 16.0 Å². The van der Waals surface area contributed by atoms with E-state index in [-0.39, 0.29) is 30.7 Å². The highest BCUT2D eigenvalue weighted by Gasteiger charge is 2.12. The number of rotatable bonds is 7. The summed E-state index contributed by atoms with van der Waals surface area (Å²) in [6.07, 6.45) is 0.539. The number of hydrogen-bond donors (Lipinski definition) is 1. The number of benzene rings is 1. The molecule has 0 radical (unpaired) electrons. The molecule has 0 unspecified atom stereocenters. The molecule has 0 saturated carbocycles. The van der Waals surface area contributed by atoms with E-state index in [0.717, 1.165) is 6.07 Å². The first kappa shape index (κ1) is 16.1. The third kappa shape index (κ3) is 4.95. The molecule has 0 saturated heterocycles. The molecule has 0 bridgehead atoms. The van der Waals surface area contributed by atoms with Crippen molar-refractivity contribution in [2.24, 2.45) is 0 Å². The fourth-order valence-electron chi connectivity index (χ4n) is 1.77. The maximum Gasteiger partial charge on any atom is 0.303 e. The molecule has 1 aromatic rings. The van der Waals surface area contributed by atoms with Gasteiger partial charge in [-0.15, -0.1) is 0 Å². The number of amides is 1. The quantitative estimate of drug-likeness (QED) is 0.835. The van der Waals surface area contributed by atoms with Gasteiger partial charge in [-0.3, -0.25) is 9.59 Å². The lowest BCUT2D eigenvalue weighted by Gasteiger charge is -2.16. The summed E-state index contributed by atoms with van der Waals surface area (Å²) < 4.78 is 26.4. The smallest absolute Gasteiger partial charge is 0.303 e. The molecule has 1 aromatic carbocycles. The SMILES string of the molecule is CN(CCCC(=O)O)C(=O)CCc1cccc(F)c1F. The van der Waals surface area contributed by atoms with E-state index in [1.54, 1.807) is 7.05 Å². The van der Waals surface area contributed by atoms with E-state index in [1.807, 2.05) is 0 Å². The van der Waals surface area contributed by atoms with Crippen molar-refractivity contribution >= 4 is 11.9 Å². The molecule has 110 valence electrons. The Morgan fingerprint density at radius 1 is 1.25 bits per heavy atom. The van der Waals surface area contributed by atoms with Gasteiger partial charge in [0.2, 0.25) is 5.91 Å². The van der Waals surface area contributed by atoms with Crippen LogP contribution in [0, 0.1) is 11.6 Å². The average molecular weight is 285 g/mol. The number of carboxylic acids is 1. The molecular formula is C14H17F2NO3. The number of aliphatic carboxylic acids is 1. The molecule has 0 heterocycles. The molecule has 1 rings (SSSR count). The number of hydrogen-bond acceptors (Lipinski definition) is 2. The fraction of sp³-hybridized carbons (Fsp3) is 0.429. The molecule has 0 atom stereocenters. The van der Waals surface area contributed by atoms with Crippen molar-refractivity contribution < 1.29 is 23.5 Å². The lowest BCUT2D eigenvalue weighted by molar-refractivity contribution is -0.138. The lowest BCUT2D eigenvalue weighted by Crippen LogP contribution is -2.28. The van der Waals surface area contributed by atoms with Crippen LogP contribution in [0.5, 0.6) is 0 Å². The molecule has 1 amide bonds. The number of carbonyl (C=O) groups excluding carboxylic acids is 1. The maximum absolute atomic E-state index is 13.4. The van der Waals surface area contributed by atoms with Crippen molar-refractivity contribution in [2.75, 3.05) is 13.6 Å². The second-order valence-electron chi connectivity index (χ2n) is 4.53. The van der Waals surface area contributed by atoms with Gasteiger partial charge in [-0.1, -0.05) is 12.1 Å². The number of carbonyl (C=O) groups is 2. The Bertz CT molecular complexity index is 491. The number of nitrogens with zero attached hydrogens (tertiary/aromatic N) is 1. The van der Waals surface area contributed by atoms with Crippen molar-refractivity contribution in [1.82, 2.24) is 4.90 Å². The summed E-state index contributed by atoms with van der Waals surface area (Å²) in [7, 11) is 1.56. The first-order valence-corrected chi connectivity index (χ1v) is 6.30. The topological polar surface area (TPSA) is 57.6 Å². The summed E-state index contributed by atoms with van der Waals surface area (Å²) in [5, 5.41) is 8.49. The third-order valence-electron chi connectivity index (χ3n) is 2.95. The van der Waals surface area contributed by atoms with Crippen LogP contribution in [0.3, 0.4) is 0 Å². The monoisotopic (exact) mass is 285 g/mol. The molecule has 0 aliphatic rings. The van der Waals surface area contributed by atoms with E-state index in [0.29, 0.717) is 13.0 Å². The zero-order valence-electron chi connectivity index (χ0n) is 11.2. The third-order valence-corrected chi connectivity index (χ3v) is 2.95. The van der Waals surface area contributed by atoms with Crippen LogP contribution in [0.15, 0.2) is 18.2 Å². The van der Waals surface area contributed by atoms with Crippen LogP contribution in [0.4, 0.5) is 8.78 Å². The van der Waals surface area contributed by atoms with Crippen molar-refractivity contribution in [3.8, 4) is 0 Å². The lowest BCUT2D eigenvalue weighted by atomic mass is 10.1. The summed E-state index contributed by atoms with van der Waals surface area (Å²) >= 11 is 0. The van der Waals surface area contributed by atoms with Gasteiger partial charge in [0.05, 0.1) is 0 Å². The summed E-state index contributed by atoms with van der Waals surface area (Å²) in [6.45, 7) is 0.330. The zero-order chi connectivity index (χ0) is 15.1. The highest BCUT2D eigenvalue weighted by molar-refractivity contribution is 5.76. The number of halogens is 2. The fourth-order valence-corrected chi connectivity index (χ4v) is 1.77. The average Bonchev–Trinajstić information content (AvgIpc) is 2.39. The predicted molar refractivity (Wildman–Crippen MR) is 69.2 cm³/mol. The molecule has 1 N–H and O–H groups in total. The Morgan fingerprint density at radius 2 is 1.95 bits per heavy atom. The van der Waals surface area contributed by atoms with Crippen molar-refractivity contribution in [1.29, 1.82) is 0 Å². The van der Waals surface area contributed by atoms with Crippen LogP contribution in [-0.4, -0.2) is 35.5 Å². The molecule has 20 heavy (non-hydrogen) atoms. The Morgan fingerprint density at radius 3 is 2.60 bits per heavy atom. The summed E-state index contributed by atoms with van der Waals surface area (Å²) in [6, 6.07) is 3.86. The van der Waals surface area contributed by atoms with Crippen LogP contribution in [0.2, 0.25) is 0 Å². The summed E-state index contributed by atoms with van der Waals surface area (Å²) in [5.74, 6) is -2.98. The van der Waals surface area contributed by atoms with Gasteiger partial charge in [0.25, 0.3) is 0 Å². The van der Waals surface area contributed by atoms with E-state index in [4.69, 9.17) is 5.11 Å². The van der Waals surface area contributed by atoms with E-state index in [1.165, 1.54) is 17.0 Å². The highest BCUT2D eigenvalue weighted by atomic mass is 19.2. The van der Waals surface area contributed by atoms with E-state index in [2.05, 4.69) is 0 Å². The van der Waals surface area contributed by atoms with Gasteiger partial charge in [0, 0.05) is 26.4 Å². The first-order valence-electron chi connectivity index (χ1n) is 6.30. The van der Waals surface area contributed by atoms with Crippen molar-refractivity contribution in [3.05, 3.63) is 35.4 Å². The summed E-state index contributed by atoms with van der Waals surface area (Å²) in [5.41, 5.74) is 0.164. The zero-order valence-corrected chi connectivity index (χ0v) is 11.2.